The highest BCUT2D eigenvalue weighted by molar-refractivity contribution is 7.10. The maximum Gasteiger partial charge on any atom is 0.0890 e. The number of thiophene rings is 1. The van der Waals surface area contributed by atoms with E-state index in [1.807, 2.05) is 29.6 Å². The zero-order valence-corrected chi connectivity index (χ0v) is 10.4. The number of hydrogen-bond acceptors (Lipinski definition) is 5. The molecule has 1 unspecified atom stereocenters. The number of hydrogen-bond donors (Lipinski definition) is 2. The summed E-state index contributed by atoms with van der Waals surface area (Å²) in [6.45, 7) is 0. The second-order valence-electron chi connectivity index (χ2n) is 3.92. The maximum atomic E-state index is 5.66. The molecule has 5 heteroatoms. The van der Waals surface area contributed by atoms with Crippen LogP contribution in [0.2, 0.25) is 0 Å². The molecule has 90 valence electrons. The normalized spacial score (nSPS) is 12.7. The van der Waals surface area contributed by atoms with Crippen molar-refractivity contribution < 1.29 is 0 Å². The van der Waals surface area contributed by atoms with Crippen molar-refractivity contribution in [1.82, 2.24) is 15.4 Å². The van der Waals surface area contributed by atoms with Gasteiger partial charge in [-0.3, -0.25) is 15.8 Å². The first-order chi connectivity index (χ1) is 8.88. The van der Waals surface area contributed by atoms with Gasteiger partial charge in [0.1, 0.15) is 0 Å². The van der Waals surface area contributed by atoms with E-state index in [9.17, 15) is 0 Å². The molecule has 0 aliphatic heterocycles. The largest absolute Gasteiger partial charge is 0.271 e. The third-order valence-electron chi connectivity index (χ3n) is 2.82. The predicted octanol–water partition coefficient (Wildman–Crippen LogP) is 2.24. The van der Waals surface area contributed by atoms with Crippen LogP contribution >= 0.6 is 11.3 Å². The highest BCUT2D eigenvalue weighted by Gasteiger charge is 2.13. The lowest BCUT2D eigenvalue weighted by molar-refractivity contribution is 0.647. The molecule has 0 amide bonds. The minimum atomic E-state index is -0.00333. The Balaban J connectivity index is 2.07. The number of nitrogens with one attached hydrogen (secondary N) is 1. The highest BCUT2D eigenvalue weighted by atomic mass is 32.1. The van der Waals surface area contributed by atoms with Gasteiger partial charge in [-0.05, 0) is 29.1 Å². The molecule has 0 fully saturated rings. The van der Waals surface area contributed by atoms with Crippen LogP contribution in [-0.4, -0.2) is 9.97 Å². The Morgan fingerprint density at radius 2 is 1.94 bits per heavy atom. The topological polar surface area (TPSA) is 63.8 Å². The summed E-state index contributed by atoms with van der Waals surface area (Å²) in [6.07, 6.45) is 3.39. The summed E-state index contributed by atoms with van der Waals surface area (Å²) >= 11 is 1.68. The maximum absolute atomic E-state index is 5.66. The third kappa shape index (κ3) is 1.99. The first-order valence-corrected chi connectivity index (χ1v) is 6.46. The quantitative estimate of drug-likeness (QED) is 0.557. The molecule has 3 rings (SSSR count). The number of hydrazine groups is 1. The lowest BCUT2D eigenvalue weighted by Crippen LogP contribution is -2.28. The molecule has 0 saturated carbocycles. The summed E-state index contributed by atoms with van der Waals surface area (Å²) in [7, 11) is 0. The third-order valence-corrected chi connectivity index (χ3v) is 3.76. The van der Waals surface area contributed by atoms with Gasteiger partial charge in [0.25, 0.3) is 0 Å². The van der Waals surface area contributed by atoms with Gasteiger partial charge in [-0.15, -0.1) is 11.3 Å². The molecule has 1 atom stereocenters. The molecule has 2 heterocycles. The Hall–Kier alpha value is -1.82. The SMILES string of the molecule is NNC(c1ccc2nccnc2c1)c1cccs1. The van der Waals surface area contributed by atoms with Gasteiger partial charge in [-0.25, -0.2) is 5.43 Å². The van der Waals surface area contributed by atoms with Crippen molar-refractivity contribution in [2.75, 3.05) is 0 Å². The van der Waals surface area contributed by atoms with E-state index in [0.717, 1.165) is 16.6 Å². The van der Waals surface area contributed by atoms with Crippen LogP contribution in [0, 0.1) is 0 Å². The molecule has 0 bridgehead atoms. The van der Waals surface area contributed by atoms with E-state index in [1.165, 1.54) is 4.88 Å². The zero-order valence-electron chi connectivity index (χ0n) is 9.58. The molecular weight excluding hydrogens is 244 g/mol. The Kier molecular flexibility index (Phi) is 3.02. The van der Waals surface area contributed by atoms with Crippen LogP contribution < -0.4 is 11.3 Å². The Morgan fingerprint density at radius 3 is 2.67 bits per heavy atom. The molecule has 0 aliphatic carbocycles. The summed E-state index contributed by atoms with van der Waals surface area (Å²) in [5, 5.41) is 2.04. The Bertz CT molecular complexity index is 651. The van der Waals surface area contributed by atoms with Gasteiger partial charge >= 0.3 is 0 Å². The van der Waals surface area contributed by atoms with Crippen LogP contribution in [0.1, 0.15) is 16.5 Å². The minimum absolute atomic E-state index is 0.00333. The second kappa shape index (κ2) is 4.81. The van der Waals surface area contributed by atoms with Gasteiger partial charge < -0.3 is 0 Å². The molecule has 0 aliphatic rings. The average Bonchev–Trinajstić information content (AvgIpc) is 2.93. The number of nitrogens with zero attached hydrogens (tertiary/aromatic N) is 2. The van der Waals surface area contributed by atoms with Gasteiger partial charge in [0.15, 0.2) is 0 Å². The van der Waals surface area contributed by atoms with Crippen molar-refractivity contribution in [1.29, 1.82) is 0 Å². The van der Waals surface area contributed by atoms with E-state index >= 15 is 0 Å². The van der Waals surface area contributed by atoms with E-state index in [1.54, 1.807) is 23.7 Å². The molecule has 1 aromatic carbocycles. The highest BCUT2D eigenvalue weighted by Crippen LogP contribution is 2.26. The summed E-state index contributed by atoms with van der Waals surface area (Å²) in [4.78, 5) is 9.75. The van der Waals surface area contributed by atoms with Crippen molar-refractivity contribution in [2.24, 2.45) is 5.84 Å². The fraction of sp³-hybridized carbons (Fsp3) is 0.0769. The fourth-order valence-corrected chi connectivity index (χ4v) is 2.77. The Labute approximate surface area is 108 Å². The monoisotopic (exact) mass is 256 g/mol. The average molecular weight is 256 g/mol. The van der Waals surface area contributed by atoms with Crippen LogP contribution in [0.3, 0.4) is 0 Å². The standard InChI is InChI=1S/C13H12N4S/c14-17-13(12-2-1-7-18-12)9-3-4-10-11(8-9)16-6-5-15-10/h1-8,13,17H,14H2. The molecule has 0 radical (unpaired) electrons. The molecule has 0 spiro atoms. The van der Waals surface area contributed by atoms with E-state index in [4.69, 9.17) is 5.84 Å². The van der Waals surface area contributed by atoms with Gasteiger partial charge in [0.2, 0.25) is 0 Å². The van der Waals surface area contributed by atoms with Crippen LogP contribution in [-0.2, 0) is 0 Å². The molecule has 4 nitrogen and oxygen atoms in total. The van der Waals surface area contributed by atoms with E-state index in [2.05, 4.69) is 21.5 Å². The molecule has 3 N–H and O–H groups in total. The lowest BCUT2D eigenvalue weighted by Gasteiger charge is -2.14. The van der Waals surface area contributed by atoms with Crippen molar-refractivity contribution in [2.45, 2.75) is 6.04 Å². The first-order valence-electron chi connectivity index (χ1n) is 5.58. The Morgan fingerprint density at radius 1 is 1.11 bits per heavy atom. The van der Waals surface area contributed by atoms with Gasteiger partial charge in [-0.1, -0.05) is 12.1 Å². The summed E-state index contributed by atoms with van der Waals surface area (Å²) < 4.78 is 0. The van der Waals surface area contributed by atoms with Crippen LogP contribution in [0.5, 0.6) is 0 Å². The molecule has 3 aromatic rings. The van der Waals surface area contributed by atoms with Crippen molar-refractivity contribution in [3.05, 3.63) is 58.5 Å². The van der Waals surface area contributed by atoms with Gasteiger partial charge in [-0.2, -0.15) is 0 Å². The molecule has 0 saturated heterocycles. The van der Waals surface area contributed by atoms with E-state index in [0.29, 0.717) is 0 Å². The van der Waals surface area contributed by atoms with Crippen LogP contribution in [0.15, 0.2) is 48.1 Å². The smallest absolute Gasteiger partial charge is 0.0890 e. The van der Waals surface area contributed by atoms with Crippen molar-refractivity contribution in [3.8, 4) is 0 Å². The summed E-state index contributed by atoms with van der Waals surface area (Å²) in [5.74, 6) is 5.66. The van der Waals surface area contributed by atoms with Crippen LogP contribution in [0.25, 0.3) is 11.0 Å². The van der Waals surface area contributed by atoms with Crippen molar-refractivity contribution in [3.63, 3.8) is 0 Å². The summed E-state index contributed by atoms with van der Waals surface area (Å²) in [6, 6.07) is 10.1. The predicted molar refractivity (Wildman–Crippen MR) is 73.0 cm³/mol. The van der Waals surface area contributed by atoms with Crippen LogP contribution in [0.4, 0.5) is 0 Å². The number of nitrogens with two attached hydrogens (primary N) is 1. The van der Waals surface area contributed by atoms with Gasteiger partial charge in [0.05, 0.1) is 17.1 Å². The fourth-order valence-electron chi connectivity index (χ4n) is 1.96. The lowest BCUT2D eigenvalue weighted by atomic mass is 10.1. The zero-order chi connectivity index (χ0) is 12.4. The number of fused-ring (bicyclic) bond motifs is 1. The number of rotatable bonds is 3. The summed E-state index contributed by atoms with van der Waals surface area (Å²) in [5.41, 5.74) is 5.71. The number of benzene rings is 1. The minimum Gasteiger partial charge on any atom is -0.271 e. The number of aromatic nitrogens is 2. The molecule has 2 aromatic heterocycles. The van der Waals surface area contributed by atoms with E-state index < -0.39 is 0 Å². The second-order valence-corrected chi connectivity index (χ2v) is 4.90. The first kappa shape index (κ1) is 11.3. The van der Waals surface area contributed by atoms with E-state index in [-0.39, 0.29) is 6.04 Å². The molecule has 18 heavy (non-hydrogen) atoms. The van der Waals surface area contributed by atoms with Crippen molar-refractivity contribution >= 4 is 22.4 Å². The van der Waals surface area contributed by atoms with Gasteiger partial charge in [0, 0.05) is 17.3 Å². The molecular formula is C13H12N4S.